The number of aliphatic carboxylic acids is 1. The maximum absolute atomic E-state index is 11.3. The summed E-state index contributed by atoms with van der Waals surface area (Å²) in [6.07, 6.45) is 1.45. The Labute approximate surface area is 106 Å². The zero-order chi connectivity index (χ0) is 13.7. The van der Waals surface area contributed by atoms with Crippen LogP contribution in [0.1, 0.15) is 10.4 Å². The van der Waals surface area contributed by atoms with E-state index in [2.05, 4.69) is 5.32 Å². The number of nitrogens with one attached hydrogen (secondary N) is 1. The van der Waals surface area contributed by atoms with E-state index in [4.69, 9.17) is 21.8 Å². The molecule has 0 fully saturated rings. The zero-order valence-electron chi connectivity index (χ0n) is 8.88. The van der Waals surface area contributed by atoms with Crippen LogP contribution < -0.4 is 5.32 Å². The summed E-state index contributed by atoms with van der Waals surface area (Å²) >= 11 is 5.76. The zero-order valence-corrected chi connectivity index (χ0v) is 9.64. The Bertz CT molecular complexity index is 538. The molecule has 0 heterocycles. The Morgan fingerprint density at radius 1 is 1.17 bits per heavy atom. The second-order valence-electron chi connectivity index (χ2n) is 3.16. The van der Waals surface area contributed by atoms with E-state index in [0.717, 1.165) is 6.08 Å². The van der Waals surface area contributed by atoms with Crippen LogP contribution in [0.3, 0.4) is 0 Å². The number of carboxylic acid groups (broad SMARTS) is 2. The Kier molecular flexibility index (Phi) is 4.45. The number of anilines is 1. The normalized spacial score (nSPS) is 10.3. The SMILES string of the molecule is O=C(O)/C=C\C(=O)Nc1cc(C(=O)O)ccc1Cl. The van der Waals surface area contributed by atoms with Crippen molar-refractivity contribution in [3.05, 3.63) is 40.9 Å². The van der Waals surface area contributed by atoms with Gasteiger partial charge in [0.15, 0.2) is 0 Å². The van der Waals surface area contributed by atoms with E-state index in [1.165, 1.54) is 18.2 Å². The van der Waals surface area contributed by atoms with Crippen molar-refractivity contribution >= 4 is 35.1 Å². The molecule has 0 radical (unpaired) electrons. The highest BCUT2D eigenvalue weighted by Crippen LogP contribution is 2.23. The second-order valence-corrected chi connectivity index (χ2v) is 3.57. The third kappa shape index (κ3) is 3.91. The van der Waals surface area contributed by atoms with Gasteiger partial charge in [0.1, 0.15) is 0 Å². The van der Waals surface area contributed by atoms with Gasteiger partial charge in [0.2, 0.25) is 5.91 Å². The van der Waals surface area contributed by atoms with Crippen LogP contribution >= 0.6 is 11.6 Å². The minimum atomic E-state index is -1.27. The summed E-state index contributed by atoms with van der Waals surface area (Å²) in [5.41, 5.74) is 0.0496. The number of carbonyl (C=O) groups excluding carboxylic acids is 1. The molecule has 0 aliphatic heterocycles. The monoisotopic (exact) mass is 269 g/mol. The van der Waals surface area contributed by atoms with Crippen molar-refractivity contribution in [1.82, 2.24) is 0 Å². The molecule has 0 saturated heterocycles. The number of carbonyl (C=O) groups is 3. The van der Waals surface area contributed by atoms with Crippen LogP contribution in [0.5, 0.6) is 0 Å². The molecule has 1 aromatic rings. The first kappa shape index (κ1) is 13.7. The number of rotatable bonds is 4. The van der Waals surface area contributed by atoms with Gasteiger partial charge >= 0.3 is 11.9 Å². The first-order chi connectivity index (χ1) is 8.40. The molecule has 6 nitrogen and oxygen atoms in total. The van der Waals surface area contributed by atoms with Crippen molar-refractivity contribution in [3.8, 4) is 0 Å². The fourth-order valence-electron chi connectivity index (χ4n) is 1.08. The van der Waals surface area contributed by atoms with Crippen molar-refractivity contribution in [3.63, 3.8) is 0 Å². The Balaban J connectivity index is 2.90. The minimum absolute atomic E-state index is 0.0445. The number of hydrogen-bond donors (Lipinski definition) is 3. The van der Waals surface area contributed by atoms with E-state index in [9.17, 15) is 14.4 Å². The molecule has 3 N–H and O–H groups in total. The summed E-state index contributed by atoms with van der Waals surface area (Å²) in [7, 11) is 0. The fraction of sp³-hybridized carbons (Fsp3) is 0. The van der Waals surface area contributed by atoms with Gasteiger partial charge in [0.05, 0.1) is 16.3 Å². The van der Waals surface area contributed by atoms with Crippen molar-refractivity contribution in [1.29, 1.82) is 0 Å². The number of hydrogen-bond acceptors (Lipinski definition) is 3. The highest BCUT2D eigenvalue weighted by atomic mass is 35.5. The van der Waals surface area contributed by atoms with Crippen molar-refractivity contribution in [2.75, 3.05) is 5.32 Å². The van der Waals surface area contributed by atoms with Crippen molar-refractivity contribution in [2.45, 2.75) is 0 Å². The summed E-state index contributed by atoms with van der Waals surface area (Å²) in [5, 5.41) is 19.5. The Morgan fingerprint density at radius 2 is 1.83 bits per heavy atom. The molecule has 94 valence electrons. The quantitative estimate of drug-likeness (QED) is 0.721. The number of aromatic carboxylic acids is 1. The van der Waals surface area contributed by atoms with Crippen LogP contribution in [0.15, 0.2) is 30.4 Å². The molecule has 0 aliphatic carbocycles. The highest BCUT2D eigenvalue weighted by Gasteiger charge is 2.08. The lowest BCUT2D eigenvalue weighted by molar-refractivity contribution is -0.131. The summed E-state index contributed by atoms with van der Waals surface area (Å²) in [5.74, 6) is -3.15. The largest absolute Gasteiger partial charge is 0.478 e. The Morgan fingerprint density at radius 3 is 2.39 bits per heavy atom. The molecule has 1 rings (SSSR count). The van der Waals surface area contributed by atoms with E-state index >= 15 is 0 Å². The molecule has 1 amide bonds. The molecule has 0 spiro atoms. The van der Waals surface area contributed by atoms with Crippen molar-refractivity contribution < 1.29 is 24.6 Å². The maximum atomic E-state index is 11.3. The first-order valence-electron chi connectivity index (χ1n) is 4.65. The molecule has 0 unspecified atom stereocenters. The van der Waals surface area contributed by atoms with Gasteiger partial charge in [-0.05, 0) is 18.2 Å². The summed E-state index contributed by atoms with van der Waals surface area (Å²) in [4.78, 5) is 32.2. The second kappa shape index (κ2) is 5.83. The van der Waals surface area contributed by atoms with Crippen LogP contribution in [0.25, 0.3) is 0 Å². The summed E-state index contributed by atoms with van der Waals surface area (Å²) in [6.45, 7) is 0. The average molecular weight is 270 g/mol. The minimum Gasteiger partial charge on any atom is -0.478 e. The van der Waals surface area contributed by atoms with E-state index in [-0.39, 0.29) is 16.3 Å². The fourth-order valence-corrected chi connectivity index (χ4v) is 1.24. The van der Waals surface area contributed by atoms with E-state index < -0.39 is 17.8 Å². The Hall–Kier alpha value is -2.34. The van der Waals surface area contributed by atoms with Gasteiger partial charge in [-0.25, -0.2) is 9.59 Å². The van der Waals surface area contributed by atoms with Crippen LogP contribution in [0.2, 0.25) is 5.02 Å². The lowest BCUT2D eigenvalue weighted by atomic mass is 10.2. The molecule has 0 aliphatic rings. The molecule has 7 heteroatoms. The van der Waals surface area contributed by atoms with E-state index in [1.807, 2.05) is 0 Å². The highest BCUT2D eigenvalue weighted by molar-refractivity contribution is 6.34. The number of amides is 1. The predicted octanol–water partition coefficient (Wildman–Crippen LogP) is 1.62. The molecule has 0 atom stereocenters. The molecule has 0 aromatic heterocycles. The lowest BCUT2D eigenvalue weighted by Gasteiger charge is -2.05. The van der Waals surface area contributed by atoms with Gasteiger partial charge in [0, 0.05) is 12.2 Å². The van der Waals surface area contributed by atoms with Gasteiger partial charge in [-0.3, -0.25) is 4.79 Å². The molecular formula is C11H8ClNO5. The number of halogens is 1. The van der Waals surface area contributed by atoms with Crippen LogP contribution in [-0.4, -0.2) is 28.1 Å². The van der Waals surface area contributed by atoms with Gasteiger partial charge in [-0.15, -0.1) is 0 Å². The standard InChI is InChI=1S/C11H8ClNO5/c12-7-2-1-6(11(17)18)5-8(7)13-9(14)3-4-10(15)16/h1-5H,(H,13,14)(H,15,16)(H,17,18)/b4-3-. The number of carboxylic acids is 2. The van der Waals surface area contributed by atoms with E-state index in [1.54, 1.807) is 0 Å². The molecule has 1 aromatic carbocycles. The van der Waals surface area contributed by atoms with Crippen LogP contribution in [-0.2, 0) is 9.59 Å². The van der Waals surface area contributed by atoms with Crippen molar-refractivity contribution in [2.24, 2.45) is 0 Å². The maximum Gasteiger partial charge on any atom is 0.335 e. The lowest BCUT2D eigenvalue weighted by Crippen LogP contribution is -2.10. The van der Waals surface area contributed by atoms with Gasteiger partial charge in [0.25, 0.3) is 0 Å². The van der Waals surface area contributed by atoms with Gasteiger partial charge in [-0.1, -0.05) is 11.6 Å². The number of benzene rings is 1. The molecule has 0 saturated carbocycles. The molecule has 18 heavy (non-hydrogen) atoms. The van der Waals surface area contributed by atoms with Gasteiger partial charge in [-0.2, -0.15) is 0 Å². The molecule has 0 bridgehead atoms. The van der Waals surface area contributed by atoms with Crippen LogP contribution in [0, 0.1) is 0 Å². The average Bonchev–Trinajstić information content (AvgIpc) is 2.29. The van der Waals surface area contributed by atoms with E-state index in [0.29, 0.717) is 6.08 Å². The summed E-state index contributed by atoms with van der Waals surface area (Å²) in [6, 6.07) is 3.78. The first-order valence-corrected chi connectivity index (χ1v) is 5.03. The topological polar surface area (TPSA) is 104 Å². The van der Waals surface area contributed by atoms with Crippen LogP contribution in [0.4, 0.5) is 5.69 Å². The smallest absolute Gasteiger partial charge is 0.335 e. The van der Waals surface area contributed by atoms with Gasteiger partial charge < -0.3 is 15.5 Å². The predicted molar refractivity (Wildman–Crippen MR) is 63.8 cm³/mol. The molecular weight excluding hydrogens is 262 g/mol. The summed E-state index contributed by atoms with van der Waals surface area (Å²) < 4.78 is 0. The third-order valence-corrected chi connectivity index (χ3v) is 2.18. The third-order valence-electron chi connectivity index (χ3n) is 1.85.